The highest BCUT2D eigenvalue weighted by molar-refractivity contribution is 7.09. The molecule has 0 spiro atoms. The van der Waals surface area contributed by atoms with Gasteiger partial charge in [0.15, 0.2) is 0 Å². The van der Waals surface area contributed by atoms with Crippen molar-refractivity contribution in [3.63, 3.8) is 0 Å². The van der Waals surface area contributed by atoms with Gasteiger partial charge in [0.25, 0.3) is 0 Å². The summed E-state index contributed by atoms with van der Waals surface area (Å²) in [5, 5.41) is 6.13. The molecule has 1 amide bonds. The second-order valence-electron chi connectivity index (χ2n) is 4.94. The molecule has 0 aliphatic carbocycles. The first-order chi connectivity index (χ1) is 11.7. The number of nitrogens with one attached hydrogen (secondary N) is 1. The van der Waals surface area contributed by atoms with Crippen LogP contribution in [0.2, 0.25) is 5.02 Å². The lowest BCUT2D eigenvalue weighted by atomic mass is 10.3. The summed E-state index contributed by atoms with van der Waals surface area (Å²) < 4.78 is 5.64. The second-order valence-corrected chi connectivity index (χ2v) is 6.32. The van der Waals surface area contributed by atoms with Crippen LogP contribution in [-0.2, 0) is 17.8 Å². The van der Waals surface area contributed by atoms with Gasteiger partial charge in [0.05, 0.1) is 24.0 Å². The molecule has 5 nitrogen and oxygen atoms in total. The molecule has 1 N–H and O–H groups in total. The van der Waals surface area contributed by atoms with Gasteiger partial charge in [-0.3, -0.25) is 9.78 Å². The number of ether oxygens (including phenoxy) is 1. The van der Waals surface area contributed by atoms with Crippen molar-refractivity contribution in [2.45, 2.75) is 13.0 Å². The van der Waals surface area contributed by atoms with Gasteiger partial charge in [-0.2, -0.15) is 0 Å². The third-order valence-electron chi connectivity index (χ3n) is 3.06. The van der Waals surface area contributed by atoms with Crippen molar-refractivity contribution in [2.75, 3.05) is 5.32 Å². The zero-order valence-corrected chi connectivity index (χ0v) is 14.2. The van der Waals surface area contributed by atoms with Crippen LogP contribution in [0.5, 0.6) is 5.75 Å². The maximum atomic E-state index is 12.0. The van der Waals surface area contributed by atoms with E-state index in [1.165, 1.54) is 11.3 Å². The van der Waals surface area contributed by atoms with Crippen LogP contribution in [0.15, 0.2) is 54.2 Å². The number of amides is 1. The first-order valence-corrected chi connectivity index (χ1v) is 8.46. The highest BCUT2D eigenvalue weighted by atomic mass is 35.5. The minimum absolute atomic E-state index is 0.126. The molecule has 0 atom stereocenters. The second kappa shape index (κ2) is 7.90. The summed E-state index contributed by atoms with van der Waals surface area (Å²) >= 11 is 7.30. The third-order valence-corrected chi connectivity index (χ3v) is 4.19. The van der Waals surface area contributed by atoms with Gasteiger partial charge in [0, 0.05) is 16.6 Å². The summed E-state index contributed by atoms with van der Waals surface area (Å²) in [4.78, 5) is 20.4. The number of pyridine rings is 1. The topological polar surface area (TPSA) is 64.1 Å². The molecule has 3 aromatic rings. The van der Waals surface area contributed by atoms with Gasteiger partial charge in [-0.15, -0.1) is 11.3 Å². The molecule has 0 aliphatic heterocycles. The predicted molar refractivity (Wildman–Crippen MR) is 94.5 cm³/mol. The summed E-state index contributed by atoms with van der Waals surface area (Å²) in [6, 6.07) is 10.7. The van der Waals surface area contributed by atoms with E-state index in [9.17, 15) is 4.79 Å². The van der Waals surface area contributed by atoms with E-state index in [0.717, 1.165) is 16.5 Å². The fourth-order valence-electron chi connectivity index (χ4n) is 1.98. The monoisotopic (exact) mass is 359 g/mol. The first kappa shape index (κ1) is 16.4. The highest BCUT2D eigenvalue weighted by Gasteiger charge is 2.09. The Kier molecular flexibility index (Phi) is 5.40. The normalized spacial score (nSPS) is 10.4. The number of halogens is 1. The molecule has 0 unspecified atom stereocenters. The number of rotatable bonds is 6. The molecule has 2 aromatic heterocycles. The van der Waals surface area contributed by atoms with E-state index in [-0.39, 0.29) is 12.3 Å². The molecule has 0 fully saturated rings. The SMILES string of the molecule is O=C(Cc1csc(COc2ccc(Cl)cc2)n1)Nc1cccnc1. The molecule has 7 heteroatoms. The molecule has 3 rings (SSSR count). The van der Waals surface area contributed by atoms with Crippen LogP contribution >= 0.6 is 22.9 Å². The van der Waals surface area contributed by atoms with E-state index in [0.29, 0.717) is 17.3 Å². The molecule has 0 saturated carbocycles. The lowest BCUT2D eigenvalue weighted by Crippen LogP contribution is -2.14. The number of benzene rings is 1. The van der Waals surface area contributed by atoms with Gasteiger partial charge >= 0.3 is 0 Å². The highest BCUT2D eigenvalue weighted by Crippen LogP contribution is 2.18. The minimum atomic E-state index is -0.126. The number of nitrogens with zero attached hydrogens (tertiary/aromatic N) is 2. The minimum Gasteiger partial charge on any atom is -0.486 e. The maximum Gasteiger partial charge on any atom is 0.230 e. The number of carbonyl (C=O) groups is 1. The Balaban J connectivity index is 1.51. The Morgan fingerprint density at radius 1 is 1.25 bits per heavy atom. The van der Waals surface area contributed by atoms with Crippen LogP contribution in [0.1, 0.15) is 10.7 Å². The van der Waals surface area contributed by atoms with Gasteiger partial charge in [0.1, 0.15) is 17.4 Å². The number of hydrogen-bond donors (Lipinski definition) is 1. The molecule has 0 bridgehead atoms. The van der Waals surface area contributed by atoms with Gasteiger partial charge in [-0.25, -0.2) is 4.98 Å². The molecule has 0 saturated heterocycles. The molecule has 0 aliphatic rings. The van der Waals surface area contributed by atoms with E-state index in [1.54, 1.807) is 48.8 Å². The number of carbonyl (C=O) groups excluding carboxylic acids is 1. The Bertz CT molecular complexity index is 806. The predicted octanol–water partition coefficient (Wildman–Crippen LogP) is 3.95. The molecule has 0 radical (unpaired) electrons. The Hall–Kier alpha value is -2.44. The van der Waals surface area contributed by atoms with Crippen LogP contribution in [0.4, 0.5) is 5.69 Å². The van der Waals surface area contributed by atoms with Crippen LogP contribution in [0.3, 0.4) is 0 Å². The van der Waals surface area contributed by atoms with E-state index in [1.807, 2.05) is 5.38 Å². The van der Waals surface area contributed by atoms with Crippen LogP contribution in [0.25, 0.3) is 0 Å². The van der Waals surface area contributed by atoms with E-state index < -0.39 is 0 Å². The summed E-state index contributed by atoms with van der Waals surface area (Å²) in [6.07, 6.45) is 3.47. The number of aromatic nitrogens is 2. The van der Waals surface area contributed by atoms with Gasteiger partial charge in [0.2, 0.25) is 5.91 Å². The Morgan fingerprint density at radius 2 is 2.08 bits per heavy atom. The molecule has 2 heterocycles. The molecule has 1 aromatic carbocycles. The van der Waals surface area contributed by atoms with Crippen molar-refractivity contribution in [1.82, 2.24) is 9.97 Å². The number of anilines is 1. The zero-order chi connectivity index (χ0) is 16.8. The molecular weight excluding hydrogens is 346 g/mol. The van der Waals surface area contributed by atoms with Crippen molar-refractivity contribution in [2.24, 2.45) is 0 Å². The lowest BCUT2D eigenvalue weighted by molar-refractivity contribution is -0.115. The average molecular weight is 360 g/mol. The summed E-state index contributed by atoms with van der Waals surface area (Å²) in [5.74, 6) is 0.601. The van der Waals surface area contributed by atoms with Crippen molar-refractivity contribution in [3.05, 3.63) is 69.9 Å². The smallest absolute Gasteiger partial charge is 0.230 e. The average Bonchev–Trinajstić information content (AvgIpc) is 3.02. The fourth-order valence-corrected chi connectivity index (χ4v) is 2.81. The van der Waals surface area contributed by atoms with Gasteiger partial charge < -0.3 is 10.1 Å². The van der Waals surface area contributed by atoms with E-state index in [4.69, 9.17) is 16.3 Å². The van der Waals surface area contributed by atoms with Gasteiger partial charge in [-0.1, -0.05) is 11.6 Å². The number of hydrogen-bond acceptors (Lipinski definition) is 5. The third kappa shape index (κ3) is 4.78. The maximum absolute atomic E-state index is 12.0. The molecular formula is C17H14ClN3O2S. The van der Waals surface area contributed by atoms with Crippen molar-refractivity contribution < 1.29 is 9.53 Å². The van der Waals surface area contributed by atoms with E-state index in [2.05, 4.69) is 15.3 Å². The van der Waals surface area contributed by atoms with Crippen molar-refractivity contribution in [3.8, 4) is 5.75 Å². The summed E-state index contributed by atoms with van der Waals surface area (Å²) in [5.41, 5.74) is 1.39. The van der Waals surface area contributed by atoms with Gasteiger partial charge in [-0.05, 0) is 36.4 Å². The van der Waals surface area contributed by atoms with Crippen LogP contribution < -0.4 is 10.1 Å². The molecule has 24 heavy (non-hydrogen) atoms. The molecule has 122 valence electrons. The fraction of sp³-hybridized carbons (Fsp3) is 0.118. The van der Waals surface area contributed by atoms with E-state index >= 15 is 0 Å². The van der Waals surface area contributed by atoms with Crippen molar-refractivity contribution >= 4 is 34.5 Å². The van der Waals surface area contributed by atoms with Crippen LogP contribution in [0, 0.1) is 0 Å². The zero-order valence-electron chi connectivity index (χ0n) is 12.6. The summed E-state index contributed by atoms with van der Waals surface area (Å²) in [6.45, 7) is 0.358. The number of thiazole rings is 1. The van der Waals surface area contributed by atoms with Crippen LogP contribution in [-0.4, -0.2) is 15.9 Å². The Labute approximate surface area is 148 Å². The standard InChI is InChI=1S/C17H14ClN3O2S/c18-12-3-5-15(6-4-12)23-10-17-21-14(11-24-17)8-16(22)20-13-2-1-7-19-9-13/h1-7,9,11H,8,10H2,(H,20,22). The largest absolute Gasteiger partial charge is 0.486 e. The first-order valence-electron chi connectivity index (χ1n) is 7.20. The van der Waals surface area contributed by atoms with Crippen molar-refractivity contribution in [1.29, 1.82) is 0 Å². The lowest BCUT2D eigenvalue weighted by Gasteiger charge is -2.04. The quantitative estimate of drug-likeness (QED) is 0.723. The Morgan fingerprint density at radius 3 is 2.83 bits per heavy atom. The summed E-state index contributed by atoms with van der Waals surface area (Å²) in [7, 11) is 0.